The van der Waals surface area contributed by atoms with Crippen LogP contribution in [0.5, 0.6) is 0 Å². The maximum absolute atomic E-state index is 3.43. The van der Waals surface area contributed by atoms with Gasteiger partial charge in [0.05, 0.1) is 0 Å². The van der Waals surface area contributed by atoms with Gasteiger partial charge in [-0.25, -0.2) is 0 Å². The number of fused-ring (bicyclic) bond motifs is 1. The molecule has 2 aromatic carbocycles. The SMILES string of the molecule is CC1=[C]CC(c2cccc3ccccc23)=C1C. The quantitative estimate of drug-likeness (QED) is 0.648. The smallest absolute Gasteiger partial charge is 0.00112 e. The molecule has 0 saturated carbocycles. The third kappa shape index (κ3) is 1.61. The summed E-state index contributed by atoms with van der Waals surface area (Å²) in [6, 6.07) is 15.1. The summed E-state index contributed by atoms with van der Waals surface area (Å²) in [7, 11) is 0. The molecule has 1 radical (unpaired) electrons. The average Bonchev–Trinajstić information content (AvgIpc) is 2.69. The molecular weight excluding hydrogens is 204 g/mol. The Balaban J connectivity index is 2.26. The molecule has 0 bridgehead atoms. The summed E-state index contributed by atoms with van der Waals surface area (Å²) in [5.74, 6) is 0. The van der Waals surface area contributed by atoms with E-state index < -0.39 is 0 Å². The molecular formula is C17H15. The molecule has 0 aromatic heterocycles. The van der Waals surface area contributed by atoms with Crippen LogP contribution in [0.4, 0.5) is 0 Å². The number of hydrogen-bond donors (Lipinski definition) is 0. The zero-order chi connectivity index (χ0) is 11.8. The molecule has 1 aliphatic carbocycles. The predicted octanol–water partition coefficient (Wildman–Crippen LogP) is 4.77. The molecule has 0 saturated heterocycles. The lowest BCUT2D eigenvalue weighted by Crippen LogP contribution is -1.86. The van der Waals surface area contributed by atoms with Gasteiger partial charge >= 0.3 is 0 Å². The Bertz CT molecular complexity index is 637. The standard InChI is InChI=1S/C17H15/c1-12-10-11-15(13(12)2)17-9-5-7-14-6-3-4-8-16(14)17/h3-9H,11H2,1-2H3. The molecule has 0 atom stereocenters. The van der Waals surface area contributed by atoms with E-state index >= 15 is 0 Å². The Hall–Kier alpha value is -1.82. The molecule has 0 heterocycles. The summed E-state index contributed by atoms with van der Waals surface area (Å²) >= 11 is 0. The van der Waals surface area contributed by atoms with Gasteiger partial charge in [-0.05, 0) is 59.4 Å². The van der Waals surface area contributed by atoms with Crippen molar-refractivity contribution in [1.82, 2.24) is 0 Å². The van der Waals surface area contributed by atoms with Gasteiger partial charge in [-0.2, -0.15) is 0 Å². The summed E-state index contributed by atoms with van der Waals surface area (Å²) in [5.41, 5.74) is 5.48. The van der Waals surface area contributed by atoms with Crippen molar-refractivity contribution in [1.29, 1.82) is 0 Å². The molecule has 0 amide bonds. The second-order valence-corrected chi connectivity index (χ2v) is 4.61. The van der Waals surface area contributed by atoms with Crippen LogP contribution < -0.4 is 0 Å². The fraction of sp³-hybridized carbons (Fsp3) is 0.176. The number of hydrogen-bond acceptors (Lipinski definition) is 0. The van der Waals surface area contributed by atoms with Gasteiger partial charge in [0.2, 0.25) is 0 Å². The monoisotopic (exact) mass is 219 g/mol. The summed E-state index contributed by atoms with van der Waals surface area (Å²) in [6.45, 7) is 4.35. The Morgan fingerprint density at radius 1 is 0.941 bits per heavy atom. The van der Waals surface area contributed by atoms with Crippen molar-refractivity contribution in [2.45, 2.75) is 20.3 Å². The Labute approximate surface area is 102 Å². The van der Waals surface area contributed by atoms with Gasteiger partial charge in [0.25, 0.3) is 0 Å². The van der Waals surface area contributed by atoms with E-state index in [2.05, 4.69) is 62.4 Å². The van der Waals surface area contributed by atoms with Crippen LogP contribution in [0.15, 0.2) is 53.6 Å². The van der Waals surface area contributed by atoms with Crippen LogP contribution in [-0.4, -0.2) is 0 Å². The summed E-state index contributed by atoms with van der Waals surface area (Å²) < 4.78 is 0. The lowest BCUT2D eigenvalue weighted by molar-refractivity contribution is 1.36. The molecule has 0 N–H and O–H groups in total. The summed E-state index contributed by atoms with van der Waals surface area (Å²) in [5, 5.41) is 2.66. The van der Waals surface area contributed by atoms with Crippen LogP contribution in [0.25, 0.3) is 16.3 Å². The molecule has 0 spiro atoms. The highest BCUT2D eigenvalue weighted by Gasteiger charge is 2.14. The third-order valence-corrected chi connectivity index (χ3v) is 3.66. The average molecular weight is 219 g/mol. The minimum Gasteiger partial charge on any atom is -0.0616 e. The maximum atomic E-state index is 3.43. The lowest BCUT2D eigenvalue weighted by atomic mass is 9.95. The van der Waals surface area contributed by atoms with Crippen LogP contribution in [0.2, 0.25) is 0 Å². The van der Waals surface area contributed by atoms with Gasteiger partial charge in [-0.1, -0.05) is 42.5 Å². The molecule has 3 rings (SSSR count). The van der Waals surface area contributed by atoms with Gasteiger partial charge in [0, 0.05) is 0 Å². The highest BCUT2D eigenvalue weighted by molar-refractivity contribution is 5.95. The second kappa shape index (κ2) is 3.89. The molecule has 2 aromatic rings. The molecule has 0 nitrogen and oxygen atoms in total. The maximum Gasteiger partial charge on any atom is -0.00112 e. The molecule has 0 heteroatoms. The van der Waals surface area contributed by atoms with Gasteiger partial charge in [0.1, 0.15) is 0 Å². The van der Waals surface area contributed by atoms with E-state index in [-0.39, 0.29) is 0 Å². The molecule has 83 valence electrons. The molecule has 0 fully saturated rings. The summed E-state index contributed by atoms with van der Waals surface area (Å²) in [6.07, 6.45) is 4.38. The Kier molecular flexibility index (Phi) is 2.36. The van der Waals surface area contributed by atoms with Gasteiger partial charge < -0.3 is 0 Å². The van der Waals surface area contributed by atoms with Crippen molar-refractivity contribution in [3.8, 4) is 0 Å². The Morgan fingerprint density at radius 3 is 2.47 bits per heavy atom. The van der Waals surface area contributed by atoms with E-state index in [9.17, 15) is 0 Å². The molecule has 0 aliphatic heterocycles. The van der Waals surface area contributed by atoms with Gasteiger partial charge in [-0.15, -0.1) is 0 Å². The van der Waals surface area contributed by atoms with Crippen LogP contribution in [0.3, 0.4) is 0 Å². The molecule has 1 aliphatic rings. The fourth-order valence-corrected chi connectivity index (χ4v) is 2.50. The number of benzene rings is 2. The second-order valence-electron chi connectivity index (χ2n) is 4.61. The first kappa shape index (κ1) is 10.3. The first-order chi connectivity index (χ1) is 8.27. The molecule has 0 unspecified atom stereocenters. The van der Waals surface area contributed by atoms with Crippen molar-refractivity contribution in [2.24, 2.45) is 0 Å². The van der Waals surface area contributed by atoms with Gasteiger partial charge in [0.15, 0.2) is 0 Å². The minimum atomic E-state index is 0.950. The van der Waals surface area contributed by atoms with Crippen molar-refractivity contribution in [2.75, 3.05) is 0 Å². The molecule has 17 heavy (non-hydrogen) atoms. The largest absolute Gasteiger partial charge is 0.0616 e. The summed E-state index contributed by atoms with van der Waals surface area (Å²) in [4.78, 5) is 0. The van der Waals surface area contributed by atoms with E-state index in [0.29, 0.717) is 0 Å². The highest BCUT2D eigenvalue weighted by atomic mass is 14.2. The highest BCUT2D eigenvalue weighted by Crippen LogP contribution is 2.35. The minimum absolute atomic E-state index is 0.950. The van der Waals surface area contributed by atoms with E-state index in [1.54, 1.807) is 0 Å². The van der Waals surface area contributed by atoms with E-state index in [1.165, 1.54) is 33.1 Å². The topological polar surface area (TPSA) is 0 Å². The van der Waals surface area contributed by atoms with Crippen molar-refractivity contribution in [3.63, 3.8) is 0 Å². The zero-order valence-corrected chi connectivity index (χ0v) is 10.2. The lowest BCUT2D eigenvalue weighted by Gasteiger charge is -2.09. The van der Waals surface area contributed by atoms with Crippen LogP contribution in [0.1, 0.15) is 25.8 Å². The predicted molar refractivity (Wildman–Crippen MR) is 73.6 cm³/mol. The van der Waals surface area contributed by atoms with Crippen LogP contribution in [-0.2, 0) is 0 Å². The normalized spacial score (nSPS) is 15.5. The first-order valence-electron chi connectivity index (χ1n) is 6.03. The number of allylic oxidation sites excluding steroid dienone is 4. The van der Waals surface area contributed by atoms with Crippen molar-refractivity contribution < 1.29 is 0 Å². The van der Waals surface area contributed by atoms with Crippen molar-refractivity contribution >= 4 is 16.3 Å². The fourth-order valence-electron chi connectivity index (χ4n) is 2.50. The van der Waals surface area contributed by atoms with E-state index in [1.807, 2.05) is 0 Å². The Morgan fingerprint density at radius 2 is 1.71 bits per heavy atom. The third-order valence-electron chi connectivity index (χ3n) is 3.66. The van der Waals surface area contributed by atoms with E-state index in [4.69, 9.17) is 0 Å². The zero-order valence-electron chi connectivity index (χ0n) is 10.2. The number of rotatable bonds is 1. The van der Waals surface area contributed by atoms with E-state index in [0.717, 1.165) is 6.42 Å². The van der Waals surface area contributed by atoms with Crippen LogP contribution >= 0.6 is 0 Å². The first-order valence-corrected chi connectivity index (χ1v) is 6.03. The van der Waals surface area contributed by atoms with Crippen molar-refractivity contribution in [3.05, 3.63) is 65.3 Å². The van der Waals surface area contributed by atoms with Crippen LogP contribution in [0, 0.1) is 6.08 Å². The van der Waals surface area contributed by atoms with Gasteiger partial charge in [-0.3, -0.25) is 0 Å².